The third-order valence-corrected chi connectivity index (χ3v) is 2.09. The molecule has 13 heavy (non-hydrogen) atoms. The predicted molar refractivity (Wildman–Crippen MR) is 57.3 cm³/mol. The highest BCUT2D eigenvalue weighted by Gasteiger charge is 2.08. The molecule has 4 heteroatoms. The van der Waals surface area contributed by atoms with E-state index < -0.39 is 6.40 Å². The van der Waals surface area contributed by atoms with Gasteiger partial charge in [0.1, 0.15) is 0 Å². The van der Waals surface area contributed by atoms with Crippen LogP contribution >= 0.6 is 34.8 Å². The minimum atomic E-state index is -0.604. The van der Waals surface area contributed by atoms with Crippen LogP contribution in [-0.2, 0) is 0 Å². The third kappa shape index (κ3) is 2.94. The Morgan fingerprint density at radius 3 is 2.54 bits per heavy atom. The smallest absolute Gasteiger partial charge is 0.156 e. The van der Waals surface area contributed by atoms with Crippen molar-refractivity contribution in [2.45, 2.75) is 13.3 Å². The van der Waals surface area contributed by atoms with Gasteiger partial charge in [0.2, 0.25) is 0 Å². The molecule has 1 aromatic rings. The lowest BCUT2D eigenvalue weighted by atomic mass is 10.3. The summed E-state index contributed by atoms with van der Waals surface area (Å²) in [5, 5.41) is 1.05. The molecule has 1 rings (SSSR count). The molecule has 0 amide bonds. The molecule has 0 aliphatic rings. The van der Waals surface area contributed by atoms with Crippen LogP contribution in [0.3, 0.4) is 0 Å². The van der Waals surface area contributed by atoms with Crippen LogP contribution in [0.2, 0.25) is 15.1 Å². The number of hydrogen-bond donors (Lipinski definition) is 0. The van der Waals surface area contributed by atoms with E-state index in [-0.39, 0.29) is 13.5 Å². The normalized spacial score (nSPS) is 14.7. The van der Waals surface area contributed by atoms with Gasteiger partial charge in [0.25, 0.3) is 0 Å². The SMILES string of the molecule is [2H]CC([2H])COc1c(Cl)cc(Cl)cc1Cl. The van der Waals surface area contributed by atoms with Crippen molar-refractivity contribution in [3.05, 3.63) is 27.2 Å². The molecule has 1 unspecified atom stereocenters. The summed E-state index contributed by atoms with van der Waals surface area (Å²) < 4.78 is 19.5. The highest BCUT2D eigenvalue weighted by molar-refractivity contribution is 6.40. The fourth-order valence-electron chi connectivity index (χ4n) is 0.809. The van der Waals surface area contributed by atoms with Gasteiger partial charge < -0.3 is 4.74 Å². The molecule has 0 heterocycles. The molecule has 0 aliphatic heterocycles. The van der Waals surface area contributed by atoms with Crippen molar-refractivity contribution in [3.8, 4) is 5.75 Å². The zero-order valence-electron chi connectivity index (χ0n) is 8.69. The van der Waals surface area contributed by atoms with Gasteiger partial charge in [-0.3, -0.25) is 0 Å². The zero-order valence-corrected chi connectivity index (χ0v) is 8.96. The van der Waals surface area contributed by atoms with Crippen molar-refractivity contribution in [1.82, 2.24) is 0 Å². The van der Waals surface area contributed by atoms with Crippen LogP contribution in [0.5, 0.6) is 5.75 Å². The van der Waals surface area contributed by atoms with Gasteiger partial charge in [0.15, 0.2) is 5.75 Å². The Labute approximate surface area is 95.4 Å². The Morgan fingerprint density at radius 1 is 1.38 bits per heavy atom. The second kappa shape index (κ2) is 4.94. The molecule has 0 N–H and O–H groups in total. The van der Waals surface area contributed by atoms with Crippen LogP contribution in [0.25, 0.3) is 0 Å². The molecule has 0 aliphatic carbocycles. The highest BCUT2D eigenvalue weighted by Crippen LogP contribution is 2.35. The van der Waals surface area contributed by atoms with Gasteiger partial charge in [0, 0.05) is 7.76 Å². The van der Waals surface area contributed by atoms with Gasteiger partial charge in [-0.25, -0.2) is 0 Å². The van der Waals surface area contributed by atoms with Crippen LogP contribution in [0.1, 0.15) is 16.0 Å². The number of benzene rings is 1. The average Bonchev–Trinajstić information content (AvgIpc) is 2.15. The maximum atomic E-state index is 7.33. The quantitative estimate of drug-likeness (QED) is 0.760. The molecule has 0 fully saturated rings. The summed E-state index contributed by atoms with van der Waals surface area (Å²) in [5.74, 6) is 0.313. The molecule has 1 aromatic carbocycles. The van der Waals surface area contributed by atoms with Crippen molar-refractivity contribution in [1.29, 1.82) is 0 Å². The highest BCUT2D eigenvalue weighted by atomic mass is 35.5. The van der Waals surface area contributed by atoms with E-state index in [9.17, 15) is 0 Å². The molecule has 0 spiro atoms. The summed E-state index contributed by atoms with van der Waals surface area (Å²) in [6, 6.07) is 3.04. The van der Waals surface area contributed by atoms with Crippen LogP contribution in [-0.4, -0.2) is 6.61 Å². The van der Waals surface area contributed by atoms with Crippen molar-refractivity contribution in [2.75, 3.05) is 6.61 Å². The Balaban J connectivity index is 2.77. The monoisotopic (exact) mass is 240 g/mol. The van der Waals surface area contributed by atoms with Crippen LogP contribution in [0.15, 0.2) is 12.1 Å². The maximum Gasteiger partial charge on any atom is 0.156 e. The Morgan fingerprint density at radius 2 is 2.00 bits per heavy atom. The Kier molecular flexibility index (Phi) is 3.13. The fraction of sp³-hybridized carbons (Fsp3) is 0.333. The van der Waals surface area contributed by atoms with E-state index in [0.29, 0.717) is 20.8 Å². The van der Waals surface area contributed by atoms with Gasteiger partial charge in [-0.05, 0) is 18.5 Å². The van der Waals surface area contributed by atoms with Crippen molar-refractivity contribution >= 4 is 34.8 Å². The zero-order chi connectivity index (χ0) is 11.4. The Hall–Kier alpha value is -0.110. The van der Waals surface area contributed by atoms with E-state index in [1.165, 1.54) is 12.1 Å². The fourth-order valence-corrected chi connectivity index (χ4v) is 1.74. The first-order chi connectivity index (χ1) is 7.04. The average molecular weight is 242 g/mol. The summed E-state index contributed by atoms with van der Waals surface area (Å²) in [5.41, 5.74) is 0. The summed E-state index contributed by atoms with van der Waals surface area (Å²) in [7, 11) is 0. The predicted octanol–water partition coefficient (Wildman–Crippen LogP) is 4.44. The molecule has 0 saturated carbocycles. The number of halogens is 3. The van der Waals surface area contributed by atoms with E-state index in [1.54, 1.807) is 0 Å². The molecular weight excluding hydrogens is 230 g/mol. The van der Waals surface area contributed by atoms with Gasteiger partial charge >= 0.3 is 0 Å². The van der Waals surface area contributed by atoms with Gasteiger partial charge in [-0.15, -0.1) is 0 Å². The number of ether oxygens (including phenoxy) is 1. The first-order valence-electron chi connectivity index (χ1n) is 4.82. The van der Waals surface area contributed by atoms with Gasteiger partial charge in [0.05, 0.1) is 16.7 Å². The Bertz CT molecular complexity index is 323. The van der Waals surface area contributed by atoms with E-state index >= 15 is 0 Å². The number of rotatable bonds is 3. The van der Waals surface area contributed by atoms with Crippen molar-refractivity contribution < 1.29 is 7.48 Å². The van der Waals surface area contributed by atoms with Crippen LogP contribution in [0.4, 0.5) is 0 Å². The molecule has 1 atom stereocenters. The minimum Gasteiger partial charge on any atom is -0.490 e. The van der Waals surface area contributed by atoms with E-state index in [1.807, 2.05) is 0 Å². The summed E-state index contributed by atoms with van der Waals surface area (Å²) in [6.07, 6.45) is -0.604. The number of hydrogen-bond acceptors (Lipinski definition) is 1. The lowest BCUT2D eigenvalue weighted by molar-refractivity contribution is 0.318. The van der Waals surface area contributed by atoms with E-state index in [4.69, 9.17) is 42.3 Å². The van der Waals surface area contributed by atoms with Gasteiger partial charge in [-0.2, -0.15) is 0 Å². The van der Waals surface area contributed by atoms with E-state index in [2.05, 4.69) is 0 Å². The topological polar surface area (TPSA) is 9.23 Å². The summed E-state index contributed by atoms with van der Waals surface area (Å²) >= 11 is 17.4. The molecule has 0 radical (unpaired) electrons. The molecular formula is C9H9Cl3O. The third-order valence-electron chi connectivity index (χ3n) is 1.31. The molecule has 0 bridgehead atoms. The second-order valence-corrected chi connectivity index (χ2v) is 3.55. The van der Waals surface area contributed by atoms with E-state index in [0.717, 1.165) is 0 Å². The first kappa shape index (κ1) is 8.22. The second-order valence-electron chi connectivity index (χ2n) is 2.30. The lowest BCUT2D eigenvalue weighted by Gasteiger charge is -2.08. The van der Waals surface area contributed by atoms with Crippen LogP contribution in [0, 0.1) is 0 Å². The summed E-state index contributed by atoms with van der Waals surface area (Å²) in [6.45, 7) is 0.0629. The lowest BCUT2D eigenvalue weighted by Crippen LogP contribution is -1.96. The minimum absolute atomic E-state index is 0.0250. The van der Waals surface area contributed by atoms with Gasteiger partial charge in [-0.1, -0.05) is 41.7 Å². The van der Waals surface area contributed by atoms with Crippen molar-refractivity contribution in [3.63, 3.8) is 0 Å². The first-order valence-corrected chi connectivity index (χ1v) is 4.66. The van der Waals surface area contributed by atoms with Crippen LogP contribution < -0.4 is 4.74 Å². The molecule has 1 nitrogen and oxygen atoms in total. The summed E-state index contributed by atoms with van der Waals surface area (Å²) in [4.78, 5) is 0. The maximum absolute atomic E-state index is 7.33. The molecule has 72 valence electrons. The largest absolute Gasteiger partial charge is 0.490 e. The molecule has 0 saturated heterocycles. The van der Waals surface area contributed by atoms with Crippen molar-refractivity contribution in [2.24, 2.45) is 0 Å². The standard InChI is InChI=1S/C9H9Cl3O/c1-2-3-13-9-7(11)4-6(10)5-8(9)12/h4-5H,2-3H2,1H3/i1D,2D. The molecule has 0 aromatic heterocycles.